The maximum absolute atomic E-state index is 13.4. The number of hydrogen-bond donors (Lipinski definition) is 2. The molecule has 2 unspecified atom stereocenters. The van der Waals surface area contributed by atoms with E-state index in [9.17, 15) is 18.3 Å². The zero-order chi connectivity index (χ0) is 18.0. The predicted octanol–water partition coefficient (Wildman–Crippen LogP) is 1.61. The average Bonchev–Trinajstić information content (AvgIpc) is 2.92. The summed E-state index contributed by atoms with van der Waals surface area (Å²) in [5, 5.41) is 10.2. The summed E-state index contributed by atoms with van der Waals surface area (Å²) in [6, 6.07) is 0. The summed E-state index contributed by atoms with van der Waals surface area (Å²) in [5.74, 6) is 0.258. The van der Waals surface area contributed by atoms with Crippen molar-refractivity contribution in [1.29, 1.82) is 0 Å². The minimum atomic E-state index is -4.85. The molecule has 0 radical (unpaired) electrons. The van der Waals surface area contributed by atoms with Crippen molar-refractivity contribution in [1.82, 2.24) is 14.5 Å². The van der Waals surface area contributed by atoms with E-state index < -0.39 is 24.0 Å². The van der Waals surface area contributed by atoms with Gasteiger partial charge in [-0.05, 0) is 18.8 Å². The van der Waals surface area contributed by atoms with Crippen molar-refractivity contribution >= 4 is 5.96 Å². The molecule has 6 nitrogen and oxygen atoms in total. The third-order valence-electron chi connectivity index (χ3n) is 4.39. The van der Waals surface area contributed by atoms with Crippen molar-refractivity contribution in [3.8, 4) is 0 Å². The van der Waals surface area contributed by atoms with Gasteiger partial charge in [-0.2, -0.15) is 13.2 Å². The van der Waals surface area contributed by atoms with Crippen LogP contribution in [0.1, 0.15) is 32.0 Å². The number of likely N-dealkylation sites (tertiary alicyclic amines) is 1. The van der Waals surface area contributed by atoms with Gasteiger partial charge in [0.25, 0.3) is 0 Å². The van der Waals surface area contributed by atoms with E-state index in [0.29, 0.717) is 5.92 Å². The maximum atomic E-state index is 13.4. The number of rotatable bonds is 4. The predicted molar refractivity (Wildman–Crippen MR) is 84.2 cm³/mol. The van der Waals surface area contributed by atoms with Crippen LogP contribution in [0.2, 0.25) is 0 Å². The normalized spacial score (nSPS) is 22.5. The highest BCUT2D eigenvalue weighted by molar-refractivity contribution is 5.78. The van der Waals surface area contributed by atoms with E-state index in [-0.39, 0.29) is 12.5 Å². The molecule has 0 aromatic carbocycles. The number of nitrogens with two attached hydrogens (primary N) is 1. The first-order valence-corrected chi connectivity index (χ1v) is 7.97. The Labute approximate surface area is 139 Å². The molecule has 1 saturated heterocycles. The van der Waals surface area contributed by atoms with Crippen LogP contribution in [0.3, 0.4) is 0 Å². The molecular weight excluding hydrogens is 323 g/mol. The van der Waals surface area contributed by atoms with Gasteiger partial charge in [0.2, 0.25) is 5.60 Å². The Morgan fingerprint density at radius 2 is 2.21 bits per heavy atom. The van der Waals surface area contributed by atoms with Gasteiger partial charge in [-0.3, -0.25) is 4.99 Å². The van der Waals surface area contributed by atoms with Gasteiger partial charge in [-0.15, -0.1) is 0 Å². The van der Waals surface area contributed by atoms with Gasteiger partial charge in [-0.1, -0.05) is 6.92 Å². The highest BCUT2D eigenvalue weighted by Gasteiger charge is 2.57. The highest BCUT2D eigenvalue weighted by atomic mass is 19.4. The van der Waals surface area contributed by atoms with Crippen molar-refractivity contribution in [2.24, 2.45) is 23.7 Å². The van der Waals surface area contributed by atoms with Gasteiger partial charge in [0.05, 0.1) is 0 Å². The standard InChI is InChI=1S/C15H24F3N5O/c1-11-4-3-8-23(10-11)13(19)21-6-5-14(24,15(16,17)18)12-20-7-9-22(12)2/h7,9,11,24H,3-6,8,10H2,1-2H3,(H2,19,21). The van der Waals surface area contributed by atoms with Crippen LogP contribution in [0, 0.1) is 5.92 Å². The number of imidazole rings is 1. The molecule has 1 aliphatic heterocycles. The molecule has 0 amide bonds. The minimum Gasteiger partial charge on any atom is -0.374 e. The number of halogens is 3. The van der Waals surface area contributed by atoms with Crippen LogP contribution in [0.25, 0.3) is 0 Å². The molecule has 1 aromatic rings. The number of piperidine rings is 1. The van der Waals surface area contributed by atoms with Gasteiger partial charge < -0.3 is 20.3 Å². The molecule has 1 aliphatic rings. The van der Waals surface area contributed by atoms with Crippen LogP contribution >= 0.6 is 0 Å². The third kappa shape index (κ3) is 3.82. The number of alkyl halides is 3. The molecule has 9 heteroatoms. The van der Waals surface area contributed by atoms with Crippen LogP contribution in [0.5, 0.6) is 0 Å². The molecule has 24 heavy (non-hydrogen) atoms. The number of hydrogen-bond acceptors (Lipinski definition) is 3. The number of nitrogens with zero attached hydrogens (tertiary/aromatic N) is 4. The molecular formula is C15H24F3N5O. The number of aromatic nitrogens is 2. The van der Waals surface area contributed by atoms with Crippen molar-refractivity contribution in [3.05, 3.63) is 18.2 Å². The van der Waals surface area contributed by atoms with Crippen LogP contribution < -0.4 is 5.73 Å². The summed E-state index contributed by atoms with van der Waals surface area (Å²) in [7, 11) is 1.41. The number of aliphatic hydroxyl groups is 1. The Bertz CT molecular complexity index is 586. The number of guanidine groups is 1. The van der Waals surface area contributed by atoms with E-state index in [0.717, 1.165) is 30.5 Å². The Kier molecular flexibility index (Phi) is 5.42. The molecule has 1 fully saturated rings. The van der Waals surface area contributed by atoms with Crippen LogP contribution in [0.4, 0.5) is 13.2 Å². The quantitative estimate of drug-likeness (QED) is 0.641. The zero-order valence-electron chi connectivity index (χ0n) is 13.9. The fourth-order valence-electron chi connectivity index (χ4n) is 2.97. The summed E-state index contributed by atoms with van der Waals surface area (Å²) in [6.07, 6.45) is -0.813. The molecule has 2 heterocycles. The van der Waals surface area contributed by atoms with Crippen molar-refractivity contribution < 1.29 is 18.3 Å². The van der Waals surface area contributed by atoms with Gasteiger partial charge in [0, 0.05) is 45.5 Å². The Morgan fingerprint density at radius 1 is 1.50 bits per heavy atom. The van der Waals surface area contributed by atoms with E-state index in [1.807, 2.05) is 4.90 Å². The lowest BCUT2D eigenvalue weighted by Gasteiger charge is -2.32. The topological polar surface area (TPSA) is 79.7 Å². The summed E-state index contributed by atoms with van der Waals surface area (Å²) in [4.78, 5) is 9.57. The smallest absolute Gasteiger partial charge is 0.374 e. The summed E-state index contributed by atoms with van der Waals surface area (Å²) in [6.45, 7) is 3.36. The van der Waals surface area contributed by atoms with E-state index in [4.69, 9.17) is 5.73 Å². The molecule has 136 valence electrons. The summed E-state index contributed by atoms with van der Waals surface area (Å²) >= 11 is 0. The lowest BCUT2D eigenvalue weighted by atomic mass is 9.98. The number of aliphatic imine (C=N–C) groups is 1. The molecule has 0 aliphatic carbocycles. The van der Waals surface area contributed by atoms with Crippen LogP contribution in [-0.2, 0) is 12.6 Å². The van der Waals surface area contributed by atoms with Crippen LogP contribution in [0.15, 0.2) is 17.4 Å². The third-order valence-corrected chi connectivity index (χ3v) is 4.39. The second-order valence-electron chi connectivity index (χ2n) is 6.40. The molecule has 0 saturated carbocycles. The summed E-state index contributed by atoms with van der Waals surface area (Å²) < 4.78 is 41.3. The molecule has 0 spiro atoms. The SMILES string of the molecule is CC1CCCN(C(N)=NCCC(O)(c2nccn2C)C(F)(F)F)C1. The largest absolute Gasteiger partial charge is 0.424 e. The maximum Gasteiger partial charge on any atom is 0.424 e. The average molecular weight is 347 g/mol. The molecule has 2 atom stereocenters. The van der Waals surface area contributed by atoms with Gasteiger partial charge in [-0.25, -0.2) is 4.98 Å². The van der Waals surface area contributed by atoms with Crippen LogP contribution in [-0.4, -0.2) is 51.3 Å². The monoisotopic (exact) mass is 347 g/mol. The molecule has 1 aromatic heterocycles. The second-order valence-corrected chi connectivity index (χ2v) is 6.40. The Balaban J connectivity index is 2.09. The Hall–Kier alpha value is -1.77. The van der Waals surface area contributed by atoms with Gasteiger partial charge in [0.15, 0.2) is 5.96 Å². The van der Waals surface area contributed by atoms with Gasteiger partial charge in [0.1, 0.15) is 5.82 Å². The van der Waals surface area contributed by atoms with Crippen molar-refractivity contribution in [3.63, 3.8) is 0 Å². The fourth-order valence-corrected chi connectivity index (χ4v) is 2.97. The van der Waals surface area contributed by atoms with E-state index in [1.165, 1.54) is 19.4 Å². The lowest BCUT2D eigenvalue weighted by molar-refractivity contribution is -0.272. The van der Waals surface area contributed by atoms with E-state index in [2.05, 4.69) is 16.9 Å². The van der Waals surface area contributed by atoms with Crippen molar-refractivity contribution in [2.45, 2.75) is 38.0 Å². The molecule has 0 bridgehead atoms. The Morgan fingerprint density at radius 3 is 2.75 bits per heavy atom. The first-order valence-electron chi connectivity index (χ1n) is 7.97. The molecule has 3 N–H and O–H groups in total. The fraction of sp³-hybridized carbons (Fsp3) is 0.733. The first kappa shape index (κ1) is 18.6. The second kappa shape index (κ2) is 7.00. The highest BCUT2D eigenvalue weighted by Crippen LogP contribution is 2.40. The first-order chi connectivity index (χ1) is 11.1. The van der Waals surface area contributed by atoms with E-state index >= 15 is 0 Å². The molecule has 2 rings (SSSR count). The number of aryl methyl sites for hydroxylation is 1. The summed E-state index contributed by atoms with van der Waals surface area (Å²) in [5.41, 5.74) is 2.84. The lowest BCUT2D eigenvalue weighted by Crippen LogP contribution is -2.46. The van der Waals surface area contributed by atoms with Crippen molar-refractivity contribution in [2.75, 3.05) is 19.6 Å². The van der Waals surface area contributed by atoms with Gasteiger partial charge >= 0.3 is 6.18 Å². The minimum absolute atomic E-state index is 0.228. The zero-order valence-corrected chi connectivity index (χ0v) is 13.9. The van der Waals surface area contributed by atoms with E-state index in [1.54, 1.807) is 0 Å².